The van der Waals surface area contributed by atoms with Crippen molar-refractivity contribution in [3.05, 3.63) is 45.5 Å². The average Bonchev–Trinajstić information content (AvgIpc) is 2.60. The van der Waals surface area contributed by atoms with Gasteiger partial charge in [0.05, 0.1) is 23.0 Å². The molecule has 0 bridgehead atoms. The Hall–Kier alpha value is -2.20. The Bertz CT molecular complexity index is 748. The van der Waals surface area contributed by atoms with Gasteiger partial charge in [-0.2, -0.15) is 0 Å². The highest BCUT2D eigenvalue weighted by Crippen LogP contribution is 2.33. The quantitative estimate of drug-likeness (QED) is 0.366. The second-order valence-corrected chi connectivity index (χ2v) is 5.87. The third-order valence-corrected chi connectivity index (χ3v) is 3.86. The zero-order valence-electron chi connectivity index (χ0n) is 13.6. The van der Waals surface area contributed by atoms with Crippen LogP contribution in [0.4, 0.5) is 5.69 Å². The monoisotopic (exact) mass is 435 g/mol. The van der Waals surface area contributed by atoms with E-state index < -0.39 is 0 Å². The Labute approximate surface area is 156 Å². The molecule has 2 aromatic rings. The van der Waals surface area contributed by atoms with Crippen LogP contribution in [0.25, 0.3) is 0 Å². The van der Waals surface area contributed by atoms with Gasteiger partial charge in [0.1, 0.15) is 12.4 Å². The Morgan fingerprint density at radius 3 is 2.58 bits per heavy atom. The van der Waals surface area contributed by atoms with Crippen molar-refractivity contribution in [3.8, 4) is 29.6 Å². The summed E-state index contributed by atoms with van der Waals surface area (Å²) in [6.07, 6.45) is 7.02. The smallest absolute Gasteiger partial charge is 0.175 e. The number of aliphatic imine (C=N–C) groups is 1. The predicted molar refractivity (Wildman–Crippen MR) is 105 cm³/mol. The summed E-state index contributed by atoms with van der Waals surface area (Å²) in [6.45, 7) is 2.80. The second kappa shape index (κ2) is 9.18. The van der Waals surface area contributed by atoms with Gasteiger partial charge in [-0.15, -0.1) is 6.42 Å². The molecule has 0 atom stereocenters. The summed E-state index contributed by atoms with van der Waals surface area (Å²) in [5.41, 5.74) is 1.76. The van der Waals surface area contributed by atoms with Gasteiger partial charge in [-0.1, -0.05) is 5.92 Å². The first-order valence-corrected chi connectivity index (χ1v) is 8.46. The molecule has 0 fully saturated rings. The molecule has 0 aliphatic carbocycles. The number of nitrogens with zero attached hydrogens (tertiary/aromatic N) is 1. The van der Waals surface area contributed by atoms with E-state index in [4.69, 9.17) is 20.6 Å². The summed E-state index contributed by atoms with van der Waals surface area (Å²) in [4.78, 5) is 4.47. The molecular formula is C19H18INO3. The molecular weight excluding hydrogens is 417 g/mol. The van der Waals surface area contributed by atoms with Gasteiger partial charge in [-0.3, -0.25) is 4.99 Å². The average molecular weight is 435 g/mol. The largest absolute Gasteiger partial charge is 0.494 e. The molecule has 2 rings (SSSR count). The molecule has 124 valence electrons. The fourth-order valence-corrected chi connectivity index (χ4v) is 2.79. The highest BCUT2D eigenvalue weighted by atomic mass is 127. The number of halogens is 1. The second-order valence-electron chi connectivity index (χ2n) is 4.71. The zero-order valence-corrected chi connectivity index (χ0v) is 15.7. The summed E-state index contributed by atoms with van der Waals surface area (Å²) < 4.78 is 17.2. The molecule has 0 spiro atoms. The number of ether oxygens (including phenoxy) is 3. The third kappa shape index (κ3) is 4.90. The number of hydrogen-bond acceptors (Lipinski definition) is 4. The van der Waals surface area contributed by atoms with E-state index >= 15 is 0 Å². The van der Waals surface area contributed by atoms with Crippen LogP contribution in [0.1, 0.15) is 12.5 Å². The van der Waals surface area contributed by atoms with Crippen LogP contribution in [0.2, 0.25) is 0 Å². The maximum Gasteiger partial charge on any atom is 0.175 e. The van der Waals surface area contributed by atoms with Gasteiger partial charge in [0, 0.05) is 6.21 Å². The number of rotatable bonds is 7. The van der Waals surface area contributed by atoms with E-state index in [9.17, 15) is 0 Å². The van der Waals surface area contributed by atoms with E-state index in [-0.39, 0.29) is 6.61 Å². The minimum absolute atomic E-state index is 0.200. The molecule has 0 aromatic heterocycles. The van der Waals surface area contributed by atoms with Crippen molar-refractivity contribution in [3.63, 3.8) is 0 Å². The van der Waals surface area contributed by atoms with Gasteiger partial charge in [0.2, 0.25) is 0 Å². The summed E-state index contributed by atoms with van der Waals surface area (Å²) in [5, 5.41) is 0. The number of hydrogen-bond donors (Lipinski definition) is 0. The van der Waals surface area contributed by atoms with Crippen LogP contribution >= 0.6 is 22.6 Å². The molecule has 0 saturated heterocycles. The van der Waals surface area contributed by atoms with Gasteiger partial charge in [0.15, 0.2) is 11.5 Å². The minimum Gasteiger partial charge on any atom is -0.494 e. The van der Waals surface area contributed by atoms with Gasteiger partial charge < -0.3 is 14.2 Å². The van der Waals surface area contributed by atoms with Gasteiger partial charge in [-0.25, -0.2) is 0 Å². The van der Waals surface area contributed by atoms with E-state index in [1.807, 2.05) is 43.3 Å². The summed E-state index contributed by atoms with van der Waals surface area (Å²) in [5.74, 6) is 4.57. The van der Waals surface area contributed by atoms with E-state index in [0.29, 0.717) is 18.1 Å². The summed E-state index contributed by atoms with van der Waals surface area (Å²) in [7, 11) is 1.60. The molecule has 0 N–H and O–H groups in total. The lowest BCUT2D eigenvalue weighted by Gasteiger charge is -2.11. The number of terminal acetylenes is 1. The highest BCUT2D eigenvalue weighted by Gasteiger charge is 2.10. The molecule has 0 heterocycles. The molecule has 0 unspecified atom stereocenters. The van der Waals surface area contributed by atoms with Gasteiger partial charge in [0.25, 0.3) is 0 Å². The summed E-state index contributed by atoms with van der Waals surface area (Å²) in [6, 6.07) is 11.5. The van der Waals surface area contributed by atoms with Crippen LogP contribution in [0.3, 0.4) is 0 Å². The van der Waals surface area contributed by atoms with Crippen molar-refractivity contribution >= 4 is 34.5 Å². The molecule has 4 nitrogen and oxygen atoms in total. The zero-order chi connectivity index (χ0) is 17.4. The lowest BCUT2D eigenvalue weighted by Crippen LogP contribution is -2.00. The Kier molecular flexibility index (Phi) is 6.94. The lowest BCUT2D eigenvalue weighted by atomic mass is 10.2. The predicted octanol–water partition coefficient (Wildman–Crippen LogP) is 4.46. The van der Waals surface area contributed by atoms with Crippen molar-refractivity contribution < 1.29 is 14.2 Å². The molecule has 24 heavy (non-hydrogen) atoms. The fourth-order valence-electron chi connectivity index (χ4n) is 2.01. The van der Waals surface area contributed by atoms with E-state index in [0.717, 1.165) is 20.6 Å². The SMILES string of the molecule is C#CCOc1c(I)cc(C=Nc2ccc(OCC)cc2)cc1OC. The first-order chi connectivity index (χ1) is 11.7. The number of benzene rings is 2. The third-order valence-electron chi connectivity index (χ3n) is 3.06. The molecule has 0 amide bonds. The first kappa shape index (κ1) is 18.1. The van der Waals surface area contributed by atoms with E-state index in [2.05, 4.69) is 33.5 Å². The molecule has 0 radical (unpaired) electrons. The summed E-state index contributed by atoms with van der Waals surface area (Å²) >= 11 is 2.19. The van der Waals surface area contributed by atoms with E-state index in [1.165, 1.54) is 0 Å². The molecule has 2 aromatic carbocycles. The maximum absolute atomic E-state index is 5.53. The Balaban J connectivity index is 2.19. The number of methoxy groups -OCH3 is 1. The van der Waals surface area contributed by atoms with E-state index in [1.54, 1.807) is 13.3 Å². The molecule has 5 heteroatoms. The Morgan fingerprint density at radius 2 is 1.96 bits per heavy atom. The van der Waals surface area contributed by atoms with Gasteiger partial charge in [-0.05, 0) is 71.5 Å². The normalized spacial score (nSPS) is 10.4. The van der Waals surface area contributed by atoms with Crippen LogP contribution < -0.4 is 14.2 Å². The van der Waals surface area contributed by atoms with Crippen molar-refractivity contribution in [1.82, 2.24) is 0 Å². The van der Waals surface area contributed by atoms with Crippen LogP contribution in [-0.2, 0) is 0 Å². The molecule has 0 aliphatic heterocycles. The standard InChI is InChI=1S/C19H18INO3/c1-4-10-24-19-17(20)11-14(12-18(19)22-3)13-21-15-6-8-16(9-7-15)23-5-2/h1,6-9,11-13H,5,10H2,2-3H3. The topological polar surface area (TPSA) is 40.0 Å². The van der Waals surface area contributed by atoms with Crippen molar-refractivity contribution in [2.24, 2.45) is 4.99 Å². The van der Waals surface area contributed by atoms with Crippen LogP contribution in [0.5, 0.6) is 17.2 Å². The van der Waals surface area contributed by atoms with Crippen LogP contribution in [0.15, 0.2) is 41.4 Å². The van der Waals surface area contributed by atoms with Crippen LogP contribution in [0, 0.1) is 15.9 Å². The minimum atomic E-state index is 0.200. The van der Waals surface area contributed by atoms with Crippen molar-refractivity contribution in [2.75, 3.05) is 20.3 Å². The van der Waals surface area contributed by atoms with Crippen molar-refractivity contribution in [2.45, 2.75) is 6.92 Å². The lowest BCUT2D eigenvalue weighted by molar-refractivity contribution is 0.328. The Morgan fingerprint density at radius 1 is 1.21 bits per heavy atom. The molecule has 0 saturated carbocycles. The molecule has 0 aliphatic rings. The van der Waals surface area contributed by atoms with Crippen LogP contribution in [-0.4, -0.2) is 26.5 Å². The fraction of sp³-hybridized carbons (Fsp3) is 0.211. The first-order valence-electron chi connectivity index (χ1n) is 7.38. The van der Waals surface area contributed by atoms with Crippen molar-refractivity contribution in [1.29, 1.82) is 0 Å². The van der Waals surface area contributed by atoms with Gasteiger partial charge >= 0.3 is 0 Å². The maximum atomic E-state index is 5.53. The highest BCUT2D eigenvalue weighted by molar-refractivity contribution is 14.1.